The molecule has 1 aromatic rings. The van der Waals surface area contributed by atoms with E-state index in [9.17, 15) is 32.7 Å². The van der Waals surface area contributed by atoms with Gasteiger partial charge in [-0.2, -0.15) is 0 Å². The lowest BCUT2D eigenvalue weighted by atomic mass is 9.84. The molecule has 1 aliphatic rings. The molecule has 292 valence electrons. The minimum Gasteiger partial charge on any atom is -0.768 e. The monoisotopic (exact) mass is 746 g/mol. The second-order valence-corrected chi connectivity index (χ2v) is 17.1. The number of ketones is 1. The minimum absolute atomic E-state index is 0.0305. The molecule has 2 rings (SSSR count). The molecule has 52 heavy (non-hydrogen) atoms. The quantitative estimate of drug-likeness (QED) is 0.0866. The average molecular weight is 747 g/mol. The van der Waals surface area contributed by atoms with E-state index in [0.717, 1.165) is 6.42 Å². The van der Waals surface area contributed by atoms with Crippen LogP contribution in [-0.2, 0) is 36.8 Å². The van der Waals surface area contributed by atoms with Crippen LogP contribution in [0.1, 0.15) is 93.6 Å². The Morgan fingerprint density at radius 1 is 1.04 bits per heavy atom. The van der Waals surface area contributed by atoms with Gasteiger partial charge in [0.25, 0.3) is 5.91 Å². The van der Waals surface area contributed by atoms with Crippen molar-refractivity contribution in [3.8, 4) is 0 Å². The summed E-state index contributed by atoms with van der Waals surface area (Å²) in [5.74, 6) is -2.64. The summed E-state index contributed by atoms with van der Waals surface area (Å²) >= 11 is -2.37. The minimum atomic E-state index is -2.37. The Bertz CT molecular complexity index is 1440. The van der Waals surface area contributed by atoms with Crippen LogP contribution < -0.4 is 26.6 Å². The van der Waals surface area contributed by atoms with Crippen molar-refractivity contribution in [3.05, 3.63) is 42.5 Å². The molecule has 0 radical (unpaired) electrons. The number of nitrogens with one attached hydrogen (secondary N) is 4. The van der Waals surface area contributed by atoms with E-state index in [0.29, 0.717) is 31.5 Å². The summed E-state index contributed by atoms with van der Waals surface area (Å²) in [5.41, 5.74) is -0.463. The zero-order valence-corrected chi connectivity index (χ0v) is 33.3. The molecule has 1 fully saturated rings. The zero-order chi connectivity index (χ0) is 39.4. The van der Waals surface area contributed by atoms with E-state index in [1.165, 1.54) is 11.0 Å². The smallest absolute Gasteiger partial charge is 0.315 e. The lowest BCUT2D eigenvalue weighted by Gasteiger charge is -2.38. The molecule has 6 N–H and O–H groups in total. The number of likely N-dealkylation sites (tertiary alicyclic amines) is 1. The lowest BCUT2D eigenvalue weighted by Crippen LogP contribution is -2.87. The van der Waals surface area contributed by atoms with Crippen LogP contribution in [0.25, 0.3) is 0 Å². The van der Waals surface area contributed by atoms with Gasteiger partial charge in [-0.15, -0.1) is 6.58 Å². The summed E-state index contributed by atoms with van der Waals surface area (Å²) < 4.78 is 23.3. The van der Waals surface area contributed by atoms with Crippen molar-refractivity contribution >= 4 is 40.6 Å². The third kappa shape index (κ3) is 12.8. The van der Waals surface area contributed by atoms with Crippen molar-refractivity contribution < 1.29 is 38.1 Å². The van der Waals surface area contributed by atoms with Crippen molar-refractivity contribution in [1.82, 2.24) is 26.2 Å². The van der Waals surface area contributed by atoms with Gasteiger partial charge in [-0.1, -0.05) is 99.4 Å². The van der Waals surface area contributed by atoms with Gasteiger partial charge in [0.2, 0.25) is 17.6 Å². The van der Waals surface area contributed by atoms with Gasteiger partial charge in [0.15, 0.2) is 0 Å². The number of benzene rings is 1. The first-order valence-electron chi connectivity index (χ1n) is 18.3. The number of amides is 5. The molecule has 0 spiro atoms. The first-order valence-corrected chi connectivity index (χ1v) is 19.4. The van der Waals surface area contributed by atoms with Crippen LogP contribution in [-0.4, -0.2) is 87.0 Å². The summed E-state index contributed by atoms with van der Waals surface area (Å²) in [5, 5.41) is 13.2. The van der Waals surface area contributed by atoms with Crippen LogP contribution in [0, 0.1) is 22.7 Å². The van der Waals surface area contributed by atoms with Crippen LogP contribution in [0.4, 0.5) is 4.79 Å². The average Bonchev–Trinajstić information content (AvgIpc) is 3.52. The number of hydrogen-bond acceptors (Lipinski definition) is 7. The fourth-order valence-corrected chi connectivity index (χ4v) is 7.01. The number of unbranched alkanes of at least 4 members (excludes halogenated alkanes) is 1. The number of rotatable bonds is 18. The summed E-state index contributed by atoms with van der Waals surface area (Å²) in [6.45, 7) is 22.2. The van der Waals surface area contributed by atoms with Gasteiger partial charge in [0.1, 0.15) is 18.6 Å². The summed E-state index contributed by atoms with van der Waals surface area (Å²) in [6, 6.07) is 2.91. The van der Waals surface area contributed by atoms with Gasteiger partial charge < -0.3 is 36.0 Å². The molecule has 6 unspecified atom stereocenters. The van der Waals surface area contributed by atoms with Crippen LogP contribution in [0.3, 0.4) is 0 Å². The van der Waals surface area contributed by atoms with E-state index >= 15 is 0 Å². The highest BCUT2D eigenvalue weighted by Crippen LogP contribution is 2.33. The lowest BCUT2D eigenvalue weighted by molar-refractivity contribution is -0.674. The Kier molecular flexibility index (Phi) is 17.1. The molecular formula is C38H62N6O7S. The van der Waals surface area contributed by atoms with Gasteiger partial charge >= 0.3 is 6.03 Å². The van der Waals surface area contributed by atoms with Crippen molar-refractivity contribution in [2.24, 2.45) is 22.7 Å². The topological polar surface area (TPSA) is 193 Å². The van der Waals surface area contributed by atoms with Crippen LogP contribution in [0.2, 0.25) is 0 Å². The third-order valence-electron chi connectivity index (χ3n) is 9.62. The largest absolute Gasteiger partial charge is 0.768 e. The Labute approximate surface area is 312 Å². The van der Waals surface area contributed by atoms with Crippen molar-refractivity contribution in [2.75, 3.05) is 19.6 Å². The van der Waals surface area contributed by atoms with E-state index in [-0.39, 0.29) is 47.7 Å². The first-order chi connectivity index (χ1) is 24.2. The highest BCUT2D eigenvalue weighted by molar-refractivity contribution is 7.79. The van der Waals surface area contributed by atoms with Gasteiger partial charge in [-0.25, -0.2) is 4.79 Å². The van der Waals surface area contributed by atoms with Crippen molar-refractivity contribution in [3.63, 3.8) is 0 Å². The number of hydrogen-bond donors (Lipinski definition) is 5. The maximum atomic E-state index is 14.4. The molecule has 1 aromatic carbocycles. The molecule has 5 amide bonds. The molecule has 1 saturated heterocycles. The van der Waals surface area contributed by atoms with Gasteiger partial charge in [-0.05, 0) is 52.7 Å². The number of carbonyl (C=O) groups excluding carboxylic acids is 5. The molecule has 13 nitrogen and oxygen atoms in total. The third-order valence-corrected chi connectivity index (χ3v) is 10.4. The van der Waals surface area contributed by atoms with Crippen LogP contribution in [0.5, 0.6) is 0 Å². The van der Waals surface area contributed by atoms with Gasteiger partial charge in [0, 0.05) is 23.5 Å². The number of nitrogens with two attached hydrogens (primary N) is 1. The molecule has 1 aliphatic heterocycles. The fraction of sp³-hybridized carbons (Fsp3) is 0.658. The first kappa shape index (κ1) is 44.5. The number of quaternary nitrogens is 1. The van der Waals surface area contributed by atoms with E-state index < -0.39 is 64.2 Å². The Morgan fingerprint density at radius 3 is 2.25 bits per heavy atom. The SMILES string of the molecule is C=CCNC(=O)C(=O)C(CCCC)NC(=O)C1C(C(C)C)CCN1C(=O)C(NC(=O)NC(C[NH2+]Cc1ccccc1S(=O)[O-])C(C)(C)C)C(C)(C)C. The van der Waals surface area contributed by atoms with Crippen molar-refractivity contribution in [2.45, 2.75) is 124 Å². The number of Topliss-reactive ketones (excluding diaryl/α,β-unsaturated/α-hetero) is 1. The Morgan fingerprint density at radius 2 is 1.69 bits per heavy atom. The second-order valence-electron chi connectivity index (χ2n) is 16.1. The molecule has 6 atom stereocenters. The van der Waals surface area contributed by atoms with Gasteiger partial charge in [-0.3, -0.25) is 23.4 Å². The molecule has 1 heterocycles. The molecule has 0 saturated carbocycles. The van der Waals surface area contributed by atoms with E-state index in [1.54, 1.807) is 24.3 Å². The molecule has 0 aliphatic carbocycles. The van der Waals surface area contributed by atoms with E-state index in [1.807, 2.05) is 67.6 Å². The Hall–Kier alpha value is -3.62. The summed E-state index contributed by atoms with van der Waals surface area (Å²) in [7, 11) is 0. The number of urea groups is 1. The molecule has 0 bridgehead atoms. The fourth-order valence-electron chi connectivity index (χ4n) is 6.46. The van der Waals surface area contributed by atoms with E-state index in [4.69, 9.17) is 0 Å². The number of carbonyl (C=O) groups is 5. The molecule has 14 heteroatoms. The maximum Gasteiger partial charge on any atom is 0.315 e. The number of nitrogens with zero attached hydrogens (tertiary/aromatic N) is 1. The van der Waals surface area contributed by atoms with Crippen LogP contribution >= 0.6 is 0 Å². The van der Waals surface area contributed by atoms with Crippen LogP contribution in [0.15, 0.2) is 41.8 Å². The zero-order valence-electron chi connectivity index (χ0n) is 32.5. The standard InChI is InChI=1S/C38H62N6O7S/c1-11-13-17-27(31(45)34(47)40-20-12-2)41-33(46)30-26(24(3)4)19-21-44(30)35(48)32(38(8,9)10)43-36(49)42-29(37(5,6)7)23-39-22-25-16-14-15-18-28(25)52(50)51/h12,14-16,18,24,26-27,29-30,32,39H,2,11,13,17,19-23H2,1,3-10H3,(H,40,47)(H,41,46)(H,50,51)(H2,42,43,49). The second kappa shape index (κ2) is 20.0. The van der Waals surface area contributed by atoms with E-state index in [2.05, 4.69) is 27.8 Å². The highest BCUT2D eigenvalue weighted by Gasteiger charge is 2.48. The normalized spacial score (nSPS) is 18.6. The van der Waals surface area contributed by atoms with Crippen molar-refractivity contribution in [1.29, 1.82) is 0 Å². The predicted octanol–water partition coefficient (Wildman–Crippen LogP) is 2.54. The molecular weight excluding hydrogens is 685 g/mol. The maximum absolute atomic E-state index is 14.4. The molecule has 0 aromatic heterocycles. The highest BCUT2D eigenvalue weighted by atomic mass is 32.2. The van der Waals surface area contributed by atoms with Gasteiger partial charge in [0.05, 0.1) is 18.6 Å². The summed E-state index contributed by atoms with van der Waals surface area (Å²) in [6.07, 6.45) is 3.66. The predicted molar refractivity (Wildman–Crippen MR) is 200 cm³/mol. The summed E-state index contributed by atoms with van der Waals surface area (Å²) in [4.78, 5) is 69.6. The Balaban J connectivity index is 2.29.